The smallest absolute Gasteiger partial charge is 0.341 e. The summed E-state index contributed by atoms with van der Waals surface area (Å²) in [5, 5.41) is 18.6. The van der Waals surface area contributed by atoms with Gasteiger partial charge in [-0.3, -0.25) is 9.69 Å². The molecule has 0 aliphatic carbocycles. The van der Waals surface area contributed by atoms with E-state index in [-0.39, 0.29) is 17.6 Å². The molecular weight excluding hydrogens is 413 g/mol. The van der Waals surface area contributed by atoms with Gasteiger partial charge in [-0.25, -0.2) is 9.18 Å². The number of pyridine rings is 1. The Kier molecular flexibility index (Phi) is 6.25. The van der Waals surface area contributed by atoms with E-state index in [4.69, 9.17) is 0 Å². The van der Waals surface area contributed by atoms with Crippen LogP contribution in [0.1, 0.15) is 28.4 Å². The number of aliphatic hydroxyl groups is 1. The molecule has 0 atom stereocenters. The van der Waals surface area contributed by atoms with E-state index in [2.05, 4.69) is 4.90 Å². The Morgan fingerprint density at radius 2 is 1.72 bits per heavy atom. The van der Waals surface area contributed by atoms with Crippen LogP contribution in [-0.4, -0.2) is 51.8 Å². The fourth-order valence-electron chi connectivity index (χ4n) is 4.21. The number of aromatic carboxylic acids is 1. The number of aliphatic hydroxyl groups excluding tert-OH is 1. The highest BCUT2D eigenvalue weighted by Gasteiger charge is 2.22. The number of carboxylic acids is 1. The molecule has 0 bridgehead atoms. The van der Waals surface area contributed by atoms with Crippen LogP contribution in [0.25, 0.3) is 10.9 Å². The maximum Gasteiger partial charge on any atom is 0.341 e. The number of hydrogen-bond acceptors (Lipinski definition) is 5. The van der Waals surface area contributed by atoms with Crippen LogP contribution in [0.2, 0.25) is 0 Å². The molecule has 168 valence electrons. The molecule has 4 rings (SSSR count). The largest absolute Gasteiger partial charge is 0.477 e. The molecule has 2 N–H and O–H groups in total. The molecule has 7 nitrogen and oxygen atoms in total. The number of hydrogen-bond donors (Lipinski definition) is 2. The van der Waals surface area contributed by atoms with Crippen LogP contribution in [0.3, 0.4) is 0 Å². The quantitative estimate of drug-likeness (QED) is 0.614. The normalized spacial score (nSPS) is 14.8. The van der Waals surface area contributed by atoms with Gasteiger partial charge in [0.2, 0.25) is 5.43 Å². The highest BCUT2D eigenvalue weighted by Crippen LogP contribution is 2.26. The van der Waals surface area contributed by atoms with Gasteiger partial charge in [-0.2, -0.15) is 0 Å². The average molecular weight is 439 g/mol. The molecule has 1 saturated heterocycles. The van der Waals surface area contributed by atoms with Gasteiger partial charge in [-0.15, -0.1) is 0 Å². The second kappa shape index (κ2) is 9.10. The number of halogens is 1. The zero-order chi connectivity index (χ0) is 22.8. The summed E-state index contributed by atoms with van der Waals surface area (Å²) in [5.41, 5.74) is 1.98. The number of aromatic nitrogens is 1. The summed E-state index contributed by atoms with van der Waals surface area (Å²) in [4.78, 5) is 28.2. The molecule has 0 radical (unpaired) electrons. The van der Waals surface area contributed by atoms with E-state index in [1.165, 1.54) is 12.3 Å². The van der Waals surface area contributed by atoms with Crippen LogP contribution < -0.4 is 10.3 Å². The van der Waals surface area contributed by atoms with E-state index < -0.39 is 17.2 Å². The van der Waals surface area contributed by atoms with Crippen molar-refractivity contribution in [2.75, 3.05) is 31.1 Å². The SMILES string of the molecule is CCn1cc(C(=O)O)c(=O)c2cc(F)c(N3CCN(Cc4ccc(CO)cc4)CC3)cc21. The lowest BCUT2D eigenvalue weighted by molar-refractivity contribution is 0.0695. The number of benzene rings is 2. The monoisotopic (exact) mass is 439 g/mol. The Morgan fingerprint density at radius 3 is 2.31 bits per heavy atom. The van der Waals surface area contributed by atoms with Gasteiger partial charge in [0.05, 0.1) is 17.8 Å². The third-order valence-corrected chi connectivity index (χ3v) is 6.04. The molecule has 1 fully saturated rings. The topological polar surface area (TPSA) is 86.0 Å². The highest BCUT2D eigenvalue weighted by atomic mass is 19.1. The van der Waals surface area contributed by atoms with Crippen LogP contribution in [0.4, 0.5) is 10.1 Å². The number of carboxylic acid groups (broad SMARTS) is 1. The molecule has 32 heavy (non-hydrogen) atoms. The average Bonchev–Trinajstić information content (AvgIpc) is 2.80. The van der Waals surface area contributed by atoms with Gasteiger partial charge in [0.15, 0.2) is 0 Å². The summed E-state index contributed by atoms with van der Waals surface area (Å²) in [6.45, 7) is 5.93. The lowest BCUT2D eigenvalue weighted by Gasteiger charge is -2.36. The Labute approximate surface area is 184 Å². The van der Waals surface area contributed by atoms with E-state index in [9.17, 15) is 24.2 Å². The maximum atomic E-state index is 15.0. The Balaban J connectivity index is 1.55. The molecule has 0 spiro atoms. The van der Waals surface area contributed by atoms with Crippen molar-refractivity contribution in [1.82, 2.24) is 9.47 Å². The first-order valence-electron chi connectivity index (χ1n) is 10.7. The highest BCUT2D eigenvalue weighted by molar-refractivity contribution is 5.93. The summed E-state index contributed by atoms with van der Waals surface area (Å²) in [5.74, 6) is -1.83. The van der Waals surface area contributed by atoms with Crippen molar-refractivity contribution < 1.29 is 19.4 Å². The van der Waals surface area contributed by atoms with Crippen LogP contribution in [0.15, 0.2) is 47.4 Å². The molecule has 1 aromatic heterocycles. The van der Waals surface area contributed by atoms with Crippen molar-refractivity contribution in [3.63, 3.8) is 0 Å². The minimum Gasteiger partial charge on any atom is -0.477 e. The minimum absolute atomic E-state index is 0.0275. The molecule has 3 aromatic rings. The first kappa shape index (κ1) is 22.0. The van der Waals surface area contributed by atoms with E-state index in [0.29, 0.717) is 30.8 Å². The number of rotatable bonds is 6. The lowest BCUT2D eigenvalue weighted by Crippen LogP contribution is -2.46. The first-order chi connectivity index (χ1) is 15.4. The molecular formula is C24H26FN3O4. The predicted octanol–water partition coefficient (Wildman–Crippen LogP) is 2.67. The van der Waals surface area contributed by atoms with Gasteiger partial charge >= 0.3 is 5.97 Å². The fraction of sp³-hybridized carbons (Fsp3) is 0.333. The van der Waals surface area contributed by atoms with Crippen molar-refractivity contribution >= 4 is 22.6 Å². The molecule has 1 aliphatic heterocycles. The zero-order valence-electron chi connectivity index (χ0n) is 17.9. The zero-order valence-corrected chi connectivity index (χ0v) is 17.9. The summed E-state index contributed by atoms with van der Waals surface area (Å²) in [6.07, 6.45) is 1.33. The number of fused-ring (bicyclic) bond motifs is 1. The van der Waals surface area contributed by atoms with Gasteiger partial charge < -0.3 is 19.7 Å². The maximum absolute atomic E-state index is 15.0. The second-order valence-corrected chi connectivity index (χ2v) is 8.02. The number of aryl methyl sites for hydroxylation is 1. The number of nitrogens with zero attached hydrogens (tertiary/aromatic N) is 3. The third-order valence-electron chi connectivity index (χ3n) is 6.04. The summed E-state index contributed by atoms with van der Waals surface area (Å²) in [7, 11) is 0. The van der Waals surface area contributed by atoms with Gasteiger partial charge in [-0.1, -0.05) is 24.3 Å². The lowest BCUT2D eigenvalue weighted by atomic mass is 10.1. The molecule has 0 amide bonds. The fourth-order valence-corrected chi connectivity index (χ4v) is 4.21. The summed E-state index contributed by atoms with van der Waals surface area (Å²) in [6, 6.07) is 10.7. The van der Waals surface area contributed by atoms with Crippen molar-refractivity contribution in [1.29, 1.82) is 0 Å². The van der Waals surface area contributed by atoms with Crippen molar-refractivity contribution in [2.45, 2.75) is 26.6 Å². The molecule has 0 unspecified atom stereocenters. The molecule has 8 heteroatoms. The summed E-state index contributed by atoms with van der Waals surface area (Å²) >= 11 is 0. The van der Waals surface area contributed by atoms with Crippen LogP contribution in [0, 0.1) is 5.82 Å². The molecule has 2 heterocycles. The molecule has 0 saturated carbocycles. The van der Waals surface area contributed by atoms with Crippen molar-refractivity contribution in [3.8, 4) is 0 Å². The predicted molar refractivity (Wildman–Crippen MR) is 121 cm³/mol. The standard InChI is InChI=1S/C24H26FN3O4/c1-2-27-14-19(24(31)32)23(30)18-11-20(25)22(12-21(18)27)28-9-7-26(8-10-28)13-16-3-5-17(15-29)6-4-16/h3-6,11-12,14,29H,2,7-10,13,15H2,1H3,(H,31,32). The van der Waals surface area contributed by atoms with Gasteiger partial charge in [0.25, 0.3) is 0 Å². The van der Waals surface area contributed by atoms with Gasteiger partial charge in [0, 0.05) is 50.9 Å². The van der Waals surface area contributed by atoms with Crippen molar-refractivity contribution in [2.24, 2.45) is 0 Å². The summed E-state index contributed by atoms with van der Waals surface area (Å²) < 4.78 is 16.7. The minimum atomic E-state index is -1.31. The van der Waals surface area contributed by atoms with Crippen LogP contribution >= 0.6 is 0 Å². The van der Waals surface area contributed by atoms with Crippen molar-refractivity contribution in [3.05, 3.63) is 75.3 Å². The Morgan fingerprint density at radius 1 is 1.06 bits per heavy atom. The van der Waals surface area contributed by atoms with E-state index in [1.807, 2.05) is 36.1 Å². The van der Waals surface area contributed by atoms with Crippen LogP contribution in [0.5, 0.6) is 0 Å². The number of anilines is 1. The number of piperazine rings is 1. The number of carbonyl (C=O) groups is 1. The van der Waals surface area contributed by atoms with Crippen LogP contribution in [-0.2, 0) is 19.7 Å². The molecule has 2 aromatic carbocycles. The Hall–Kier alpha value is -3.23. The van der Waals surface area contributed by atoms with Gasteiger partial charge in [0.1, 0.15) is 11.4 Å². The second-order valence-electron chi connectivity index (χ2n) is 8.02. The van der Waals surface area contributed by atoms with E-state index in [1.54, 1.807) is 10.6 Å². The van der Waals surface area contributed by atoms with E-state index >= 15 is 0 Å². The third kappa shape index (κ3) is 4.24. The van der Waals surface area contributed by atoms with Gasteiger partial charge in [-0.05, 0) is 30.2 Å². The Bertz CT molecular complexity index is 1200. The van der Waals surface area contributed by atoms with E-state index in [0.717, 1.165) is 30.8 Å². The molecule has 1 aliphatic rings. The first-order valence-corrected chi connectivity index (χ1v) is 10.7.